The maximum atomic E-state index is 11.7. The van der Waals surface area contributed by atoms with Crippen LogP contribution in [0, 0.1) is 0 Å². The molecular formula is C16H20ClNO4. The van der Waals surface area contributed by atoms with Crippen LogP contribution in [0.1, 0.15) is 32.1 Å². The van der Waals surface area contributed by atoms with Gasteiger partial charge >= 0.3 is 5.97 Å². The Kier molecular flexibility index (Phi) is 6.68. The van der Waals surface area contributed by atoms with Crippen LogP contribution in [0.3, 0.4) is 0 Å². The van der Waals surface area contributed by atoms with Gasteiger partial charge in [-0.15, -0.1) is 0 Å². The molecule has 0 spiro atoms. The van der Waals surface area contributed by atoms with Crippen molar-refractivity contribution in [3.05, 3.63) is 29.3 Å². The van der Waals surface area contributed by atoms with Crippen molar-refractivity contribution in [3.63, 3.8) is 0 Å². The fraction of sp³-hybridized carbons (Fsp3) is 0.500. The topological polar surface area (TPSA) is 64.6 Å². The number of nitrogens with one attached hydrogen (secondary N) is 1. The van der Waals surface area contributed by atoms with Crippen molar-refractivity contribution >= 4 is 29.2 Å². The van der Waals surface area contributed by atoms with Gasteiger partial charge in [-0.05, 0) is 43.5 Å². The first kappa shape index (κ1) is 16.8. The quantitative estimate of drug-likeness (QED) is 0.782. The van der Waals surface area contributed by atoms with E-state index >= 15 is 0 Å². The average molecular weight is 326 g/mol. The maximum absolute atomic E-state index is 11.7. The van der Waals surface area contributed by atoms with Crippen molar-refractivity contribution in [2.45, 2.75) is 38.2 Å². The van der Waals surface area contributed by atoms with Crippen LogP contribution in [0.25, 0.3) is 0 Å². The van der Waals surface area contributed by atoms with Crippen molar-refractivity contribution in [1.29, 1.82) is 0 Å². The van der Waals surface area contributed by atoms with Gasteiger partial charge in [0.15, 0.2) is 0 Å². The number of hydrogen-bond acceptors (Lipinski definition) is 4. The van der Waals surface area contributed by atoms with Crippen LogP contribution in [0.4, 0.5) is 5.69 Å². The fourth-order valence-electron chi connectivity index (χ4n) is 2.18. The zero-order valence-electron chi connectivity index (χ0n) is 12.3. The summed E-state index contributed by atoms with van der Waals surface area (Å²) in [5, 5.41) is 3.37. The normalized spacial score (nSPS) is 17.2. The van der Waals surface area contributed by atoms with E-state index in [9.17, 15) is 9.59 Å². The van der Waals surface area contributed by atoms with Crippen LogP contribution >= 0.6 is 11.6 Å². The first-order valence-corrected chi connectivity index (χ1v) is 7.84. The summed E-state index contributed by atoms with van der Waals surface area (Å²) in [6.07, 6.45) is 2.98. The molecule has 0 bridgehead atoms. The highest BCUT2D eigenvalue weighted by molar-refractivity contribution is 6.30. The second kappa shape index (κ2) is 8.76. The van der Waals surface area contributed by atoms with E-state index in [1.54, 1.807) is 24.3 Å². The van der Waals surface area contributed by atoms with Crippen molar-refractivity contribution in [2.75, 3.05) is 18.5 Å². The maximum Gasteiger partial charge on any atom is 0.305 e. The number of carbonyl (C=O) groups excluding carboxylic acids is 2. The van der Waals surface area contributed by atoms with Crippen LogP contribution in [0.5, 0.6) is 0 Å². The number of esters is 1. The molecule has 1 unspecified atom stereocenters. The van der Waals surface area contributed by atoms with E-state index in [4.69, 9.17) is 21.1 Å². The third kappa shape index (κ3) is 6.03. The van der Waals surface area contributed by atoms with Gasteiger partial charge < -0.3 is 14.8 Å². The van der Waals surface area contributed by atoms with Crippen molar-refractivity contribution in [1.82, 2.24) is 0 Å². The van der Waals surface area contributed by atoms with Crippen LogP contribution in [-0.4, -0.2) is 31.2 Å². The second-order valence-corrected chi connectivity index (χ2v) is 5.66. The summed E-state index contributed by atoms with van der Waals surface area (Å²) in [6.45, 7) is 1.06. The van der Waals surface area contributed by atoms with Gasteiger partial charge in [0, 0.05) is 30.2 Å². The Morgan fingerprint density at radius 3 is 2.73 bits per heavy atom. The molecule has 1 aliphatic heterocycles. The highest BCUT2D eigenvalue weighted by atomic mass is 35.5. The largest absolute Gasteiger partial charge is 0.463 e. The molecule has 1 aliphatic rings. The minimum atomic E-state index is -0.283. The van der Waals surface area contributed by atoms with E-state index in [-0.39, 0.29) is 30.8 Å². The molecule has 1 aromatic carbocycles. The second-order valence-electron chi connectivity index (χ2n) is 5.23. The first-order valence-electron chi connectivity index (χ1n) is 7.46. The van der Waals surface area contributed by atoms with E-state index in [1.807, 2.05) is 0 Å². The molecule has 22 heavy (non-hydrogen) atoms. The Hall–Kier alpha value is -1.59. The predicted molar refractivity (Wildman–Crippen MR) is 83.9 cm³/mol. The third-order valence-corrected chi connectivity index (χ3v) is 3.62. The number of halogens is 1. The Bertz CT molecular complexity index is 497. The lowest BCUT2D eigenvalue weighted by atomic mass is 10.2. The molecule has 1 saturated heterocycles. The van der Waals surface area contributed by atoms with Crippen molar-refractivity contribution < 1.29 is 19.1 Å². The summed E-state index contributed by atoms with van der Waals surface area (Å²) in [5.41, 5.74) is 0.690. The zero-order chi connectivity index (χ0) is 15.8. The van der Waals surface area contributed by atoms with Gasteiger partial charge in [-0.1, -0.05) is 11.6 Å². The van der Waals surface area contributed by atoms with Crippen LogP contribution < -0.4 is 5.32 Å². The van der Waals surface area contributed by atoms with E-state index < -0.39 is 0 Å². The summed E-state index contributed by atoms with van der Waals surface area (Å²) in [7, 11) is 0. The van der Waals surface area contributed by atoms with E-state index in [0.717, 1.165) is 19.4 Å². The summed E-state index contributed by atoms with van der Waals surface area (Å²) in [4.78, 5) is 23.3. The summed E-state index contributed by atoms with van der Waals surface area (Å²) < 4.78 is 10.5. The Morgan fingerprint density at radius 2 is 2.05 bits per heavy atom. The Morgan fingerprint density at radius 1 is 1.27 bits per heavy atom. The Labute approximate surface area is 134 Å². The zero-order valence-corrected chi connectivity index (χ0v) is 13.1. The van der Waals surface area contributed by atoms with Crippen molar-refractivity contribution in [3.8, 4) is 0 Å². The first-order chi connectivity index (χ1) is 10.6. The number of ether oxygens (including phenoxy) is 2. The molecule has 1 fully saturated rings. The lowest BCUT2D eigenvalue weighted by Gasteiger charge is -2.10. The molecule has 5 nitrogen and oxygen atoms in total. The molecule has 1 atom stereocenters. The van der Waals surface area contributed by atoms with E-state index in [2.05, 4.69) is 5.32 Å². The molecule has 0 aromatic heterocycles. The fourth-order valence-corrected chi connectivity index (χ4v) is 2.31. The van der Waals surface area contributed by atoms with Gasteiger partial charge in [-0.25, -0.2) is 0 Å². The number of carbonyl (C=O) groups is 2. The molecule has 0 saturated carbocycles. The standard InChI is InChI=1S/C16H20ClNO4/c17-12-6-8-13(9-7-12)18-15(19)4-1-5-16(20)22-11-14-3-2-10-21-14/h6-9,14H,1-5,10-11H2,(H,18,19). The number of rotatable bonds is 7. The van der Waals surface area contributed by atoms with Crippen LogP contribution in [-0.2, 0) is 19.1 Å². The van der Waals surface area contributed by atoms with Gasteiger partial charge in [-0.3, -0.25) is 9.59 Å². The predicted octanol–water partition coefficient (Wildman–Crippen LogP) is 3.17. The number of anilines is 1. The molecule has 0 aliphatic carbocycles. The highest BCUT2D eigenvalue weighted by Crippen LogP contribution is 2.14. The molecule has 0 radical (unpaired) electrons. The average Bonchev–Trinajstić information content (AvgIpc) is 3.01. The van der Waals surface area contributed by atoms with Gasteiger partial charge in [0.05, 0.1) is 6.10 Å². The lowest BCUT2D eigenvalue weighted by molar-refractivity contribution is -0.147. The lowest BCUT2D eigenvalue weighted by Crippen LogP contribution is -2.18. The van der Waals surface area contributed by atoms with Gasteiger partial charge in [-0.2, -0.15) is 0 Å². The smallest absolute Gasteiger partial charge is 0.305 e. The molecule has 2 rings (SSSR count). The molecule has 6 heteroatoms. The SMILES string of the molecule is O=C(CCCC(=O)OCC1CCCO1)Nc1ccc(Cl)cc1. The van der Waals surface area contributed by atoms with Crippen LogP contribution in [0.15, 0.2) is 24.3 Å². The highest BCUT2D eigenvalue weighted by Gasteiger charge is 2.17. The molecule has 1 amide bonds. The summed E-state index contributed by atoms with van der Waals surface area (Å²) in [6, 6.07) is 6.88. The Balaban J connectivity index is 1.57. The number of hydrogen-bond donors (Lipinski definition) is 1. The third-order valence-electron chi connectivity index (χ3n) is 3.37. The monoisotopic (exact) mass is 325 g/mol. The molecule has 1 heterocycles. The van der Waals surface area contributed by atoms with Gasteiger partial charge in [0.25, 0.3) is 0 Å². The minimum absolute atomic E-state index is 0.0390. The summed E-state index contributed by atoms with van der Waals surface area (Å²) >= 11 is 5.77. The van der Waals surface area contributed by atoms with Gasteiger partial charge in [0.2, 0.25) is 5.91 Å². The number of amides is 1. The van der Waals surface area contributed by atoms with E-state index in [0.29, 0.717) is 23.7 Å². The van der Waals surface area contributed by atoms with Crippen molar-refractivity contribution in [2.24, 2.45) is 0 Å². The van der Waals surface area contributed by atoms with Crippen LogP contribution in [0.2, 0.25) is 5.02 Å². The summed E-state index contributed by atoms with van der Waals surface area (Å²) in [5.74, 6) is -0.413. The van der Waals surface area contributed by atoms with Gasteiger partial charge in [0.1, 0.15) is 6.61 Å². The molecule has 120 valence electrons. The van der Waals surface area contributed by atoms with E-state index in [1.165, 1.54) is 0 Å². The number of benzene rings is 1. The molecule has 1 N–H and O–H groups in total. The molecule has 1 aromatic rings. The minimum Gasteiger partial charge on any atom is -0.463 e. The molecular weight excluding hydrogens is 306 g/mol.